The zero-order valence-corrected chi connectivity index (χ0v) is 9.96. The van der Waals surface area contributed by atoms with Crippen LogP contribution in [0.3, 0.4) is 0 Å². The van der Waals surface area contributed by atoms with Gasteiger partial charge in [-0.25, -0.2) is 0 Å². The van der Waals surface area contributed by atoms with E-state index in [9.17, 15) is 5.11 Å². The fourth-order valence-electron chi connectivity index (χ4n) is 1.34. The van der Waals surface area contributed by atoms with Crippen molar-refractivity contribution in [3.05, 3.63) is 34.9 Å². The smallest absolute Gasteiger partial charge is 0.0914 e. The quantitative estimate of drug-likeness (QED) is 0.811. The third-order valence-electron chi connectivity index (χ3n) is 2.12. The second-order valence-corrected chi connectivity index (χ2v) is 4.56. The molecule has 1 rings (SSSR count). The molecular formula is C12H18ClNO. The predicted molar refractivity (Wildman–Crippen MR) is 64.1 cm³/mol. The minimum atomic E-state index is -0.484. The first kappa shape index (κ1) is 12.5. The van der Waals surface area contributed by atoms with Gasteiger partial charge in [-0.3, -0.25) is 0 Å². The van der Waals surface area contributed by atoms with Gasteiger partial charge in [0.05, 0.1) is 6.10 Å². The van der Waals surface area contributed by atoms with E-state index in [1.165, 1.54) is 0 Å². The second kappa shape index (κ2) is 6.11. The van der Waals surface area contributed by atoms with E-state index >= 15 is 0 Å². The first-order valence-electron chi connectivity index (χ1n) is 5.24. The summed E-state index contributed by atoms with van der Waals surface area (Å²) in [6, 6.07) is 7.33. The van der Waals surface area contributed by atoms with Gasteiger partial charge in [0.2, 0.25) is 0 Å². The molecule has 1 aromatic rings. The molecule has 2 N–H and O–H groups in total. The summed E-state index contributed by atoms with van der Waals surface area (Å²) in [7, 11) is 0. The fourth-order valence-corrected chi connectivity index (χ4v) is 1.54. The Morgan fingerprint density at radius 2 is 2.07 bits per heavy atom. The average molecular weight is 228 g/mol. The molecule has 1 aromatic carbocycles. The molecule has 0 amide bonds. The van der Waals surface area contributed by atoms with Crippen LogP contribution in [0.5, 0.6) is 0 Å². The van der Waals surface area contributed by atoms with E-state index in [-0.39, 0.29) is 0 Å². The zero-order chi connectivity index (χ0) is 11.3. The van der Waals surface area contributed by atoms with Gasteiger partial charge in [-0.2, -0.15) is 0 Å². The SMILES string of the molecule is CC(C)CNCC(O)c1cccc(Cl)c1. The molecule has 0 aliphatic carbocycles. The standard InChI is InChI=1S/C12H18ClNO/c1-9(2)7-14-8-12(15)10-4-3-5-11(13)6-10/h3-6,9,12,14-15H,7-8H2,1-2H3. The Morgan fingerprint density at radius 3 is 2.67 bits per heavy atom. The molecule has 0 aromatic heterocycles. The number of benzene rings is 1. The Bertz CT molecular complexity index is 301. The number of hydrogen-bond acceptors (Lipinski definition) is 2. The summed E-state index contributed by atoms with van der Waals surface area (Å²) in [5, 5.41) is 13.7. The minimum absolute atomic E-state index is 0.484. The molecule has 0 bridgehead atoms. The lowest BCUT2D eigenvalue weighted by Crippen LogP contribution is -2.25. The van der Waals surface area contributed by atoms with Crippen molar-refractivity contribution in [2.75, 3.05) is 13.1 Å². The van der Waals surface area contributed by atoms with Gasteiger partial charge in [0.1, 0.15) is 0 Å². The molecular weight excluding hydrogens is 210 g/mol. The third-order valence-corrected chi connectivity index (χ3v) is 2.36. The van der Waals surface area contributed by atoms with Crippen molar-refractivity contribution in [2.45, 2.75) is 20.0 Å². The van der Waals surface area contributed by atoms with Gasteiger partial charge < -0.3 is 10.4 Å². The summed E-state index contributed by atoms with van der Waals surface area (Å²) < 4.78 is 0. The molecule has 0 fully saturated rings. The maximum absolute atomic E-state index is 9.84. The third kappa shape index (κ3) is 4.65. The van der Waals surface area contributed by atoms with Crippen LogP contribution in [0.4, 0.5) is 0 Å². The first-order valence-corrected chi connectivity index (χ1v) is 5.61. The molecule has 0 saturated carbocycles. The van der Waals surface area contributed by atoms with Gasteiger partial charge in [0, 0.05) is 11.6 Å². The van der Waals surface area contributed by atoms with Gasteiger partial charge in [-0.15, -0.1) is 0 Å². The number of rotatable bonds is 5. The summed E-state index contributed by atoms with van der Waals surface area (Å²) in [6.07, 6.45) is -0.484. The number of nitrogens with one attached hydrogen (secondary N) is 1. The molecule has 15 heavy (non-hydrogen) atoms. The van der Waals surface area contributed by atoms with E-state index in [0.717, 1.165) is 12.1 Å². The van der Waals surface area contributed by atoms with Gasteiger partial charge in [0.15, 0.2) is 0 Å². The zero-order valence-electron chi connectivity index (χ0n) is 9.20. The van der Waals surface area contributed by atoms with Crippen LogP contribution < -0.4 is 5.32 Å². The fraction of sp³-hybridized carbons (Fsp3) is 0.500. The number of hydrogen-bond donors (Lipinski definition) is 2. The number of halogens is 1. The molecule has 1 atom stereocenters. The van der Waals surface area contributed by atoms with Crippen LogP contribution in [0.15, 0.2) is 24.3 Å². The van der Waals surface area contributed by atoms with Crippen molar-refractivity contribution in [3.63, 3.8) is 0 Å². The molecule has 84 valence electrons. The van der Waals surface area contributed by atoms with Gasteiger partial charge in [0.25, 0.3) is 0 Å². The van der Waals surface area contributed by atoms with Crippen molar-refractivity contribution in [1.82, 2.24) is 5.32 Å². The van der Waals surface area contributed by atoms with Crippen LogP contribution in [0, 0.1) is 5.92 Å². The van der Waals surface area contributed by atoms with Crippen LogP contribution in [-0.2, 0) is 0 Å². The van der Waals surface area contributed by atoms with Crippen LogP contribution >= 0.6 is 11.6 Å². The van der Waals surface area contributed by atoms with Gasteiger partial charge >= 0.3 is 0 Å². The Kier molecular flexibility index (Phi) is 5.09. The molecule has 0 aliphatic heterocycles. The molecule has 2 nitrogen and oxygen atoms in total. The van der Waals surface area contributed by atoms with E-state index in [4.69, 9.17) is 11.6 Å². The van der Waals surface area contributed by atoms with Crippen molar-refractivity contribution in [2.24, 2.45) is 5.92 Å². The van der Waals surface area contributed by atoms with E-state index in [2.05, 4.69) is 19.2 Å². The molecule has 0 spiro atoms. The summed E-state index contributed by atoms with van der Waals surface area (Å²) in [4.78, 5) is 0. The highest BCUT2D eigenvalue weighted by atomic mass is 35.5. The van der Waals surface area contributed by atoms with E-state index in [1.54, 1.807) is 12.1 Å². The predicted octanol–water partition coefficient (Wildman–Crippen LogP) is 2.62. The topological polar surface area (TPSA) is 32.3 Å². The molecule has 0 saturated heterocycles. The lowest BCUT2D eigenvalue weighted by Gasteiger charge is -2.13. The molecule has 1 unspecified atom stereocenters. The van der Waals surface area contributed by atoms with E-state index < -0.39 is 6.10 Å². The highest BCUT2D eigenvalue weighted by Gasteiger charge is 2.07. The molecule has 0 heterocycles. The number of aliphatic hydroxyl groups excluding tert-OH is 1. The summed E-state index contributed by atoms with van der Waals surface area (Å²) in [5.74, 6) is 0.594. The van der Waals surface area contributed by atoms with Crippen LogP contribution in [-0.4, -0.2) is 18.2 Å². The van der Waals surface area contributed by atoms with Gasteiger partial charge in [-0.05, 0) is 30.2 Å². The lowest BCUT2D eigenvalue weighted by atomic mass is 10.1. The van der Waals surface area contributed by atoms with Crippen LogP contribution in [0.25, 0.3) is 0 Å². The highest BCUT2D eigenvalue weighted by Crippen LogP contribution is 2.16. The van der Waals surface area contributed by atoms with Crippen LogP contribution in [0.1, 0.15) is 25.5 Å². The maximum Gasteiger partial charge on any atom is 0.0914 e. The Balaban J connectivity index is 2.43. The first-order chi connectivity index (χ1) is 7.09. The molecule has 3 heteroatoms. The normalized spacial score (nSPS) is 13.1. The summed E-state index contributed by atoms with van der Waals surface area (Å²) >= 11 is 5.84. The van der Waals surface area contributed by atoms with Crippen molar-refractivity contribution >= 4 is 11.6 Å². The Labute approximate surface area is 96.3 Å². The largest absolute Gasteiger partial charge is 0.387 e. The maximum atomic E-state index is 9.84. The van der Waals surface area contributed by atoms with Crippen LogP contribution in [0.2, 0.25) is 5.02 Å². The van der Waals surface area contributed by atoms with Gasteiger partial charge in [-0.1, -0.05) is 37.6 Å². The minimum Gasteiger partial charge on any atom is -0.387 e. The van der Waals surface area contributed by atoms with Crippen molar-refractivity contribution in [3.8, 4) is 0 Å². The highest BCUT2D eigenvalue weighted by molar-refractivity contribution is 6.30. The second-order valence-electron chi connectivity index (χ2n) is 4.12. The molecule has 0 aliphatic rings. The Hall–Kier alpha value is -0.570. The van der Waals surface area contributed by atoms with E-state index in [1.807, 2.05) is 12.1 Å². The lowest BCUT2D eigenvalue weighted by molar-refractivity contribution is 0.173. The number of aliphatic hydroxyl groups is 1. The monoisotopic (exact) mass is 227 g/mol. The average Bonchev–Trinajstić information content (AvgIpc) is 2.17. The summed E-state index contributed by atoms with van der Waals surface area (Å²) in [5.41, 5.74) is 0.860. The van der Waals surface area contributed by atoms with Crippen molar-refractivity contribution < 1.29 is 5.11 Å². The summed E-state index contributed by atoms with van der Waals surface area (Å²) in [6.45, 7) is 5.76. The van der Waals surface area contributed by atoms with E-state index in [0.29, 0.717) is 17.5 Å². The van der Waals surface area contributed by atoms with Crippen molar-refractivity contribution in [1.29, 1.82) is 0 Å². The molecule has 0 radical (unpaired) electrons. The Morgan fingerprint density at radius 1 is 1.33 bits per heavy atom.